The van der Waals surface area contributed by atoms with Gasteiger partial charge in [0.05, 0.1) is 7.05 Å². The fourth-order valence-corrected chi connectivity index (χ4v) is 3.91. The zero-order valence-electron chi connectivity index (χ0n) is 16.2. The Morgan fingerprint density at radius 1 is 1.31 bits per heavy atom. The third kappa shape index (κ3) is 5.81. The van der Waals surface area contributed by atoms with E-state index in [0.29, 0.717) is 5.92 Å². The summed E-state index contributed by atoms with van der Waals surface area (Å²) in [4.78, 5) is 25.8. The van der Waals surface area contributed by atoms with Crippen LogP contribution in [0.5, 0.6) is 0 Å². The van der Waals surface area contributed by atoms with Gasteiger partial charge in [-0.1, -0.05) is 35.7 Å². The number of anilines is 1. The molecule has 0 bridgehead atoms. The number of nitrogens with one attached hydrogen (secondary N) is 3. The quantitative estimate of drug-likeness (QED) is 0.655. The molecule has 2 rings (SSSR count). The Hall–Kier alpha value is -1.40. The standard InChI is InChI=1S/C20H30BrN3O2/c1-13-7-5-6-8-17(13)23-20(26)15(3)24(4)12-19(25)22-18-10-9-16(21)11-14(18)2/h9-11,13,15,17H,5-8,12H2,1-4H3,(H,22,25)(H,23,26)/p+1/t13-,15+,17+/m0/s1. The molecule has 5 nitrogen and oxygen atoms in total. The minimum atomic E-state index is -0.263. The van der Waals surface area contributed by atoms with Crippen molar-refractivity contribution in [1.82, 2.24) is 5.32 Å². The second-order valence-electron chi connectivity index (χ2n) is 7.63. The van der Waals surface area contributed by atoms with Gasteiger partial charge in [0, 0.05) is 16.2 Å². The first kappa shape index (κ1) is 20.9. The van der Waals surface area contributed by atoms with Crippen molar-refractivity contribution in [2.24, 2.45) is 5.92 Å². The van der Waals surface area contributed by atoms with Crippen LogP contribution in [0.1, 0.15) is 45.1 Å². The number of carbonyl (C=O) groups excluding carboxylic acids is 2. The number of aryl methyl sites for hydroxylation is 1. The summed E-state index contributed by atoms with van der Waals surface area (Å²) in [6.45, 7) is 6.30. The van der Waals surface area contributed by atoms with Crippen molar-refractivity contribution in [1.29, 1.82) is 0 Å². The van der Waals surface area contributed by atoms with Crippen LogP contribution in [-0.4, -0.2) is 37.5 Å². The van der Waals surface area contributed by atoms with Gasteiger partial charge in [-0.05, 0) is 56.4 Å². The minimum Gasteiger partial charge on any atom is -0.348 e. The van der Waals surface area contributed by atoms with Gasteiger partial charge in [0.15, 0.2) is 12.6 Å². The smallest absolute Gasteiger partial charge is 0.279 e. The van der Waals surface area contributed by atoms with E-state index in [0.717, 1.165) is 27.0 Å². The maximum absolute atomic E-state index is 12.6. The van der Waals surface area contributed by atoms with E-state index < -0.39 is 0 Å². The number of amides is 2. The molecule has 26 heavy (non-hydrogen) atoms. The molecule has 0 radical (unpaired) electrons. The number of hydrogen-bond acceptors (Lipinski definition) is 2. The van der Waals surface area contributed by atoms with Crippen LogP contribution >= 0.6 is 15.9 Å². The SMILES string of the molecule is Cc1cc(Br)ccc1NC(=O)C[NH+](C)[C@H](C)C(=O)N[C@@H]1CCCC[C@@H]1C. The molecule has 1 aromatic carbocycles. The number of rotatable bonds is 6. The van der Waals surface area contributed by atoms with Crippen LogP contribution in [0.25, 0.3) is 0 Å². The molecule has 2 amide bonds. The lowest BCUT2D eigenvalue weighted by Gasteiger charge is -2.31. The Bertz CT molecular complexity index is 650. The summed E-state index contributed by atoms with van der Waals surface area (Å²) in [5, 5.41) is 6.13. The van der Waals surface area contributed by atoms with E-state index in [1.54, 1.807) is 0 Å². The van der Waals surface area contributed by atoms with E-state index in [2.05, 4.69) is 33.5 Å². The second-order valence-corrected chi connectivity index (χ2v) is 8.54. The summed E-state index contributed by atoms with van der Waals surface area (Å²) in [5.41, 5.74) is 1.81. The van der Waals surface area contributed by atoms with Crippen molar-refractivity contribution >= 4 is 33.4 Å². The Morgan fingerprint density at radius 3 is 2.65 bits per heavy atom. The van der Waals surface area contributed by atoms with Gasteiger partial charge in [-0.15, -0.1) is 0 Å². The average Bonchev–Trinajstić information content (AvgIpc) is 2.58. The van der Waals surface area contributed by atoms with Crippen LogP contribution in [0.3, 0.4) is 0 Å². The molecule has 1 aliphatic carbocycles. The highest BCUT2D eigenvalue weighted by Crippen LogP contribution is 2.23. The van der Waals surface area contributed by atoms with Crippen LogP contribution < -0.4 is 15.5 Å². The van der Waals surface area contributed by atoms with Gasteiger partial charge in [0.1, 0.15) is 0 Å². The number of benzene rings is 1. The van der Waals surface area contributed by atoms with Gasteiger partial charge in [-0.3, -0.25) is 9.59 Å². The Kier molecular flexibility index (Phi) is 7.65. The largest absolute Gasteiger partial charge is 0.348 e. The summed E-state index contributed by atoms with van der Waals surface area (Å²) in [6, 6.07) is 5.76. The fourth-order valence-electron chi connectivity index (χ4n) is 3.43. The normalized spacial score (nSPS) is 22.3. The van der Waals surface area contributed by atoms with E-state index in [4.69, 9.17) is 0 Å². The van der Waals surface area contributed by atoms with Crippen LogP contribution in [0, 0.1) is 12.8 Å². The van der Waals surface area contributed by atoms with E-state index in [1.807, 2.05) is 39.1 Å². The van der Waals surface area contributed by atoms with Gasteiger partial charge in [0.2, 0.25) is 0 Å². The number of hydrogen-bond donors (Lipinski definition) is 3. The van der Waals surface area contributed by atoms with Crippen molar-refractivity contribution in [3.63, 3.8) is 0 Å². The highest BCUT2D eigenvalue weighted by Gasteiger charge is 2.29. The molecule has 1 fully saturated rings. The van der Waals surface area contributed by atoms with Crippen molar-refractivity contribution in [2.45, 2.75) is 58.5 Å². The highest BCUT2D eigenvalue weighted by atomic mass is 79.9. The molecular formula is C20H31BrN3O2+. The Balaban J connectivity index is 1.85. The third-order valence-corrected chi connectivity index (χ3v) is 5.97. The first-order valence-electron chi connectivity index (χ1n) is 9.46. The zero-order valence-corrected chi connectivity index (χ0v) is 17.8. The van der Waals surface area contributed by atoms with Crippen molar-refractivity contribution < 1.29 is 14.5 Å². The lowest BCUT2D eigenvalue weighted by Crippen LogP contribution is -3.15. The molecule has 1 aliphatic rings. The van der Waals surface area contributed by atoms with Crippen molar-refractivity contribution in [3.05, 3.63) is 28.2 Å². The molecule has 1 aromatic rings. The minimum absolute atomic E-state index is 0.0360. The van der Waals surface area contributed by atoms with Gasteiger partial charge >= 0.3 is 0 Å². The van der Waals surface area contributed by atoms with Crippen molar-refractivity contribution in [3.8, 4) is 0 Å². The predicted molar refractivity (Wildman–Crippen MR) is 108 cm³/mol. The van der Waals surface area contributed by atoms with Crippen LogP contribution in [0.4, 0.5) is 5.69 Å². The Morgan fingerprint density at radius 2 is 2.00 bits per heavy atom. The Labute approximate surface area is 165 Å². The summed E-state index contributed by atoms with van der Waals surface area (Å²) in [7, 11) is 1.89. The van der Waals surface area contributed by atoms with Crippen molar-refractivity contribution in [2.75, 3.05) is 18.9 Å². The topological polar surface area (TPSA) is 62.6 Å². The summed E-state index contributed by atoms with van der Waals surface area (Å²) >= 11 is 3.42. The molecule has 3 N–H and O–H groups in total. The second kappa shape index (κ2) is 9.51. The molecule has 0 spiro atoms. The molecule has 0 aliphatic heterocycles. The van der Waals surface area contributed by atoms with E-state index in [1.165, 1.54) is 19.3 Å². The average molecular weight is 425 g/mol. The first-order valence-corrected chi connectivity index (χ1v) is 10.3. The van der Waals surface area contributed by atoms with Gasteiger partial charge in [-0.25, -0.2) is 0 Å². The maximum atomic E-state index is 12.6. The van der Waals surface area contributed by atoms with E-state index >= 15 is 0 Å². The van der Waals surface area contributed by atoms with E-state index in [9.17, 15) is 9.59 Å². The molecule has 1 unspecified atom stereocenters. The molecule has 1 saturated carbocycles. The van der Waals surface area contributed by atoms with Crippen LogP contribution in [0.15, 0.2) is 22.7 Å². The zero-order chi connectivity index (χ0) is 19.3. The molecule has 0 heterocycles. The summed E-state index contributed by atoms with van der Waals surface area (Å²) in [6.07, 6.45) is 4.67. The monoisotopic (exact) mass is 424 g/mol. The predicted octanol–water partition coefficient (Wildman–Crippen LogP) is 2.29. The number of halogens is 1. The van der Waals surface area contributed by atoms with Crippen LogP contribution in [-0.2, 0) is 9.59 Å². The van der Waals surface area contributed by atoms with Gasteiger partial charge in [-0.2, -0.15) is 0 Å². The highest BCUT2D eigenvalue weighted by molar-refractivity contribution is 9.10. The molecule has 4 atom stereocenters. The van der Waals surface area contributed by atoms with Gasteiger partial charge in [0.25, 0.3) is 11.8 Å². The molecular weight excluding hydrogens is 394 g/mol. The maximum Gasteiger partial charge on any atom is 0.279 e. The van der Waals surface area contributed by atoms with Gasteiger partial charge < -0.3 is 15.5 Å². The lowest BCUT2D eigenvalue weighted by atomic mass is 9.86. The summed E-state index contributed by atoms with van der Waals surface area (Å²) in [5.74, 6) is 0.483. The lowest BCUT2D eigenvalue weighted by molar-refractivity contribution is -0.885. The number of quaternary nitrogens is 1. The number of carbonyl (C=O) groups is 2. The third-order valence-electron chi connectivity index (χ3n) is 5.47. The fraction of sp³-hybridized carbons (Fsp3) is 0.600. The molecule has 6 heteroatoms. The first-order chi connectivity index (χ1) is 12.3. The number of likely N-dealkylation sites (N-methyl/N-ethyl adjacent to an activating group) is 1. The molecule has 0 aromatic heterocycles. The van der Waals surface area contributed by atoms with Crippen LogP contribution in [0.2, 0.25) is 0 Å². The molecule has 144 valence electrons. The van der Waals surface area contributed by atoms with E-state index in [-0.39, 0.29) is 30.4 Å². The molecule has 0 saturated heterocycles. The summed E-state index contributed by atoms with van der Waals surface area (Å²) < 4.78 is 0.984.